The molecule has 0 spiro atoms. The number of nitrogens with one attached hydrogen (secondary N) is 2. The fourth-order valence-corrected chi connectivity index (χ4v) is 4.45. The van der Waals surface area contributed by atoms with Crippen molar-refractivity contribution in [1.82, 2.24) is 29.9 Å². The quantitative estimate of drug-likeness (QED) is 0.260. The van der Waals surface area contributed by atoms with Crippen LogP contribution in [0.3, 0.4) is 0 Å². The molecule has 4 heterocycles. The second kappa shape index (κ2) is 12.3. The summed E-state index contributed by atoms with van der Waals surface area (Å²) in [5.74, 6) is 1.35. The van der Waals surface area contributed by atoms with E-state index in [9.17, 15) is 10.1 Å². The van der Waals surface area contributed by atoms with Gasteiger partial charge >= 0.3 is 0 Å². The summed E-state index contributed by atoms with van der Waals surface area (Å²) in [4.78, 5) is 26.2. The van der Waals surface area contributed by atoms with Crippen LogP contribution in [0.4, 0.5) is 5.82 Å². The van der Waals surface area contributed by atoms with E-state index < -0.39 is 5.54 Å². The molecule has 0 bridgehead atoms. The number of carbonyl (C=O) groups excluding carboxylic acids is 1. The van der Waals surface area contributed by atoms with E-state index in [1.54, 1.807) is 35.2 Å². The molecule has 2 N–H and O–H groups in total. The van der Waals surface area contributed by atoms with E-state index in [4.69, 9.17) is 9.47 Å². The first kappa shape index (κ1) is 28.0. The van der Waals surface area contributed by atoms with Gasteiger partial charge in [0.2, 0.25) is 5.88 Å². The Labute approximate surface area is 232 Å². The Balaban J connectivity index is 1.50. The van der Waals surface area contributed by atoms with Crippen LogP contribution in [0.2, 0.25) is 0 Å². The number of fused-ring (bicyclic) bond motifs is 1. The van der Waals surface area contributed by atoms with Crippen molar-refractivity contribution in [3.8, 4) is 29.0 Å². The number of hydrogen-bond acceptors (Lipinski definition) is 9. The van der Waals surface area contributed by atoms with Crippen molar-refractivity contribution in [1.29, 1.82) is 5.26 Å². The second-order valence-corrected chi connectivity index (χ2v) is 9.21. The van der Waals surface area contributed by atoms with Gasteiger partial charge in [0.25, 0.3) is 5.91 Å². The van der Waals surface area contributed by atoms with E-state index in [0.29, 0.717) is 76.9 Å². The number of nitriles is 1. The first-order valence-corrected chi connectivity index (χ1v) is 13.0. The maximum Gasteiger partial charge on any atom is 0.253 e. The van der Waals surface area contributed by atoms with Crippen LogP contribution in [0.15, 0.2) is 61.5 Å². The van der Waals surface area contributed by atoms with E-state index in [-0.39, 0.29) is 5.91 Å². The van der Waals surface area contributed by atoms with Gasteiger partial charge in [0, 0.05) is 35.5 Å². The Morgan fingerprint density at radius 1 is 1.12 bits per heavy atom. The molecule has 0 atom stereocenters. The summed E-state index contributed by atoms with van der Waals surface area (Å²) >= 11 is 0. The summed E-state index contributed by atoms with van der Waals surface area (Å²) in [5.41, 5.74) is 2.92. The lowest BCUT2D eigenvalue weighted by Gasteiger charge is -2.34. The Morgan fingerprint density at radius 2 is 1.93 bits per heavy atom. The lowest BCUT2D eigenvalue weighted by molar-refractivity contribution is 0.0890. The van der Waals surface area contributed by atoms with E-state index in [1.807, 2.05) is 26.8 Å². The van der Waals surface area contributed by atoms with Gasteiger partial charge in [0.05, 0.1) is 60.8 Å². The molecule has 4 rings (SSSR count). The molecule has 206 valence electrons. The first-order valence-electron chi connectivity index (χ1n) is 13.0. The van der Waals surface area contributed by atoms with Crippen LogP contribution in [0.1, 0.15) is 56.0 Å². The highest BCUT2D eigenvalue weighted by atomic mass is 16.5. The number of rotatable bonds is 12. The minimum atomic E-state index is -0.518. The van der Waals surface area contributed by atoms with Gasteiger partial charge in [-0.25, -0.2) is 14.5 Å². The van der Waals surface area contributed by atoms with Crippen LogP contribution in [-0.2, 0) is 0 Å². The molecular weight excluding hydrogens is 508 g/mol. The van der Waals surface area contributed by atoms with E-state index in [2.05, 4.69) is 43.3 Å². The number of pyridine rings is 2. The summed E-state index contributed by atoms with van der Waals surface area (Å²) in [6.07, 6.45) is 9.85. The predicted octanol–water partition coefficient (Wildman–Crippen LogP) is 4.77. The molecule has 11 heteroatoms. The molecule has 0 aliphatic heterocycles. The van der Waals surface area contributed by atoms with Crippen LogP contribution in [0.5, 0.6) is 11.6 Å². The highest BCUT2D eigenvalue weighted by Crippen LogP contribution is 2.30. The summed E-state index contributed by atoms with van der Waals surface area (Å²) in [6, 6.07) is 7.34. The zero-order chi connectivity index (χ0) is 28.7. The number of amides is 1. The molecule has 1 amide bonds. The zero-order valence-electron chi connectivity index (χ0n) is 23.1. The van der Waals surface area contributed by atoms with Crippen LogP contribution in [0.25, 0.3) is 16.8 Å². The standard InChI is InChI=1S/C29H32N8O3/c1-6-29(7-2,36-28(38)20-9-10-26(39-5)33-14-20)12-19(4)35-25-17-31-24(16-32-25)23-11-22(40-8-3)18-37-27(23)21(13-30)15-34-37/h9-11,14-18H,4,6-8,12H2,1-3,5H3,(H,32,35)(H,36,38). The zero-order valence-corrected chi connectivity index (χ0v) is 23.1. The van der Waals surface area contributed by atoms with Crippen LogP contribution < -0.4 is 20.1 Å². The Kier molecular flexibility index (Phi) is 8.59. The van der Waals surface area contributed by atoms with E-state index >= 15 is 0 Å². The molecule has 0 saturated heterocycles. The van der Waals surface area contributed by atoms with Crippen molar-refractivity contribution in [3.05, 3.63) is 72.6 Å². The van der Waals surface area contributed by atoms with Gasteiger partial charge in [-0.1, -0.05) is 20.4 Å². The van der Waals surface area contributed by atoms with E-state index in [1.165, 1.54) is 19.5 Å². The number of methoxy groups -OCH3 is 1. The van der Waals surface area contributed by atoms with Crippen molar-refractivity contribution in [2.45, 2.75) is 45.6 Å². The van der Waals surface area contributed by atoms with Gasteiger partial charge in [-0.2, -0.15) is 10.4 Å². The topological polar surface area (TPSA) is 139 Å². The molecular formula is C29H32N8O3. The van der Waals surface area contributed by atoms with Crippen molar-refractivity contribution in [2.75, 3.05) is 19.0 Å². The summed E-state index contributed by atoms with van der Waals surface area (Å²) in [6.45, 7) is 10.6. The maximum absolute atomic E-state index is 13.0. The van der Waals surface area contributed by atoms with Crippen molar-refractivity contribution in [3.63, 3.8) is 0 Å². The lowest BCUT2D eigenvalue weighted by atomic mass is 9.87. The SMILES string of the molecule is C=C(CC(CC)(CC)NC(=O)c1ccc(OC)nc1)Nc1cnc(-c2cc(OCC)cn3ncc(C#N)c23)cn1. The molecule has 11 nitrogen and oxygen atoms in total. The Morgan fingerprint density at radius 3 is 2.52 bits per heavy atom. The molecule has 4 aromatic rings. The second-order valence-electron chi connectivity index (χ2n) is 9.21. The van der Waals surface area contributed by atoms with E-state index in [0.717, 1.165) is 0 Å². The molecule has 40 heavy (non-hydrogen) atoms. The molecule has 4 aromatic heterocycles. The van der Waals surface area contributed by atoms with Gasteiger partial charge in [0.1, 0.15) is 17.6 Å². The highest BCUT2D eigenvalue weighted by Gasteiger charge is 2.29. The lowest BCUT2D eigenvalue weighted by Crippen LogP contribution is -2.48. The van der Waals surface area contributed by atoms with Crippen LogP contribution in [-0.4, -0.2) is 49.7 Å². The number of nitrogens with zero attached hydrogens (tertiary/aromatic N) is 6. The van der Waals surface area contributed by atoms with Crippen molar-refractivity contribution >= 4 is 17.2 Å². The van der Waals surface area contributed by atoms with Gasteiger partial charge in [0.15, 0.2) is 0 Å². The van der Waals surface area contributed by atoms with Crippen LogP contribution >= 0.6 is 0 Å². The third-order valence-electron chi connectivity index (χ3n) is 6.74. The number of ether oxygens (including phenoxy) is 2. The van der Waals surface area contributed by atoms with Gasteiger partial charge in [-0.15, -0.1) is 0 Å². The monoisotopic (exact) mass is 540 g/mol. The minimum Gasteiger partial charge on any atom is -0.492 e. The van der Waals surface area contributed by atoms with Crippen molar-refractivity contribution in [2.24, 2.45) is 0 Å². The van der Waals surface area contributed by atoms with Gasteiger partial charge < -0.3 is 20.1 Å². The average molecular weight is 541 g/mol. The third kappa shape index (κ3) is 6.02. The van der Waals surface area contributed by atoms with Crippen molar-refractivity contribution < 1.29 is 14.3 Å². The molecule has 0 radical (unpaired) electrons. The first-order chi connectivity index (χ1) is 19.3. The molecule has 0 unspecified atom stereocenters. The normalized spacial score (nSPS) is 11.1. The van der Waals surface area contributed by atoms with Gasteiger partial charge in [-0.05, 0) is 31.9 Å². The molecule has 0 saturated carbocycles. The molecule has 0 fully saturated rings. The average Bonchev–Trinajstić information content (AvgIpc) is 3.40. The highest BCUT2D eigenvalue weighted by molar-refractivity contribution is 5.94. The number of anilines is 1. The molecule has 0 aliphatic carbocycles. The minimum absolute atomic E-state index is 0.215. The number of carbonyl (C=O) groups is 1. The fraction of sp³-hybridized carbons (Fsp3) is 0.310. The molecule has 0 aromatic carbocycles. The number of aromatic nitrogens is 5. The van der Waals surface area contributed by atoms with Crippen LogP contribution in [0, 0.1) is 11.3 Å². The summed E-state index contributed by atoms with van der Waals surface area (Å²) in [7, 11) is 1.53. The maximum atomic E-state index is 13.0. The largest absolute Gasteiger partial charge is 0.492 e. The number of hydrogen-bond donors (Lipinski definition) is 2. The Hall–Kier alpha value is -4.98. The predicted molar refractivity (Wildman–Crippen MR) is 151 cm³/mol. The summed E-state index contributed by atoms with van der Waals surface area (Å²) in [5, 5.41) is 20.2. The third-order valence-corrected chi connectivity index (χ3v) is 6.74. The van der Waals surface area contributed by atoms with Gasteiger partial charge in [-0.3, -0.25) is 9.78 Å². The fourth-order valence-electron chi connectivity index (χ4n) is 4.45. The molecule has 0 aliphatic rings. The Bertz CT molecular complexity index is 1530. The summed E-state index contributed by atoms with van der Waals surface area (Å²) < 4.78 is 12.4. The smallest absolute Gasteiger partial charge is 0.253 e.